The molecule has 0 aromatic rings. The Morgan fingerprint density at radius 1 is 1.12 bits per heavy atom. The normalized spacial score (nSPS) is 41.7. The smallest absolute Gasteiger partial charge is 0.323 e. The molecule has 0 spiro atoms. The summed E-state index contributed by atoms with van der Waals surface area (Å²) in [5.41, 5.74) is 1.04. The van der Waals surface area contributed by atoms with E-state index in [4.69, 9.17) is 4.74 Å². The maximum atomic E-state index is 13.8. The van der Waals surface area contributed by atoms with Crippen molar-refractivity contribution in [3.63, 3.8) is 0 Å². The molecule has 4 atom stereocenters. The number of carbonyl (C=O) groups is 2. The third kappa shape index (κ3) is 1.89. The lowest BCUT2D eigenvalue weighted by atomic mass is 9.67. The lowest BCUT2D eigenvalue weighted by molar-refractivity contribution is -0.159. The highest BCUT2D eigenvalue weighted by Crippen LogP contribution is 2.76. The van der Waals surface area contributed by atoms with Crippen LogP contribution in [0, 0.1) is 22.2 Å². The third-order valence-electron chi connectivity index (χ3n) is 7.26. The number of ether oxygens (including phenoxy) is 1. The van der Waals surface area contributed by atoms with E-state index in [-0.39, 0.29) is 28.5 Å². The van der Waals surface area contributed by atoms with Crippen molar-refractivity contribution in [1.82, 2.24) is 0 Å². The van der Waals surface area contributed by atoms with E-state index >= 15 is 0 Å². The molecule has 3 nitrogen and oxygen atoms in total. The summed E-state index contributed by atoms with van der Waals surface area (Å²) in [7, 11) is 0. The van der Waals surface area contributed by atoms with E-state index in [0.29, 0.717) is 19.4 Å². The fourth-order valence-electron chi connectivity index (χ4n) is 6.00. The van der Waals surface area contributed by atoms with Crippen LogP contribution in [0.25, 0.3) is 0 Å². The Hall–Kier alpha value is -2.16. The van der Waals surface area contributed by atoms with E-state index in [1.807, 2.05) is 25.2 Å². The molecule has 0 saturated heterocycles. The van der Waals surface area contributed by atoms with Crippen molar-refractivity contribution >= 4 is 11.8 Å². The van der Waals surface area contributed by atoms with E-state index < -0.39 is 5.41 Å². The molecule has 3 fully saturated rings. The summed E-state index contributed by atoms with van der Waals surface area (Å²) >= 11 is 0. The van der Waals surface area contributed by atoms with Crippen LogP contribution < -0.4 is 0 Å². The number of esters is 1. The molecule has 5 aliphatic carbocycles. The van der Waals surface area contributed by atoms with Crippen LogP contribution in [0.15, 0.2) is 59.8 Å². The lowest BCUT2D eigenvalue weighted by Crippen LogP contribution is -2.45. The van der Waals surface area contributed by atoms with E-state index in [1.54, 1.807) is 0 Å². The van der Waals surface area contributed by atoms with E-state index in [2.05, 4.69) is 30.4 Å². The zero-order chi connectivity index (χ0) is 18.0. The highest BCUT2D eigenvalue weighted by molar-refractivity contribution is 6.09. The second-order valence-electron chi connectivity index (χ2n) is 8.56. The van der Waals surface area contributed by atoms with Crippen LogP contribution in [-0.4, -0.2) is 18.4 Å². The van der Waals surface area contributed by atoms with Crippen LogP contribution in [0.2, 0.25) is 0 Å². The van der Waals surface area contributed by atoms with E-state index in [0.717, 1.165) is 24.8 Å². The number of hydrogen-bond donors (Lipinski definition) is 0. The van der Waals surface area contributed by atoms with Crippen LogP contribution in [0.3, 0.4) is 0 Å². The second-order valence-corrected chi connectivity index (χ2v) is 8.56. The van der Waals surface area contributed by atoms with Gasteiger partial charge in [0, 0.05) is 11.3 Å². The van der Waals surface area contributed by atoms with Crippen molar-refractivity contribution in [3.8, 4) is 0 Å². The molecular formula is C23H24O3. The van der Waals surface area contributed by atoms with Gasteiger partial charge in [0.05, 0.1) is 6.61 Å². The number of carbonyl (C=O) groups excluding carboxylic acids is 2. The van der Waals surface area contributed by atoms with Gasteiger partial charge in [0.1, 0.15) is 5.41 Å². The number of hydrogen-bond acceptors (Lipinski definition) is 3. The molecule has 3 heteroatoms. The summed E-state index contributed by atoms with van der Waals surface area (Å²) in [6.45, 7) is 2.12. The van der Waals surface area contributed by atoms with Crippen LogP contribution in [0.4, 0.5) is 0 Å². The van der Waals surface area contributed by atoms with Crippen molar-refractivity contribution in [1.29, 1.82) is 0 Å². The van der Waals surface area contributed by atoms with Gasteiger partial charge in [-0.2, -0.15) is 0 Å². The van der Waals surface area contributed by atoms with Crippen molar-refractivity contribution in [2.24, 2.45) is 22.2 Å². The average Bonchev–Trinajstić information content (AvgIpc) is 3.35. The van der Waals surface area contributed by atoms with Gasteiger partial charge in [0.2, 0.25) is 0 Å². The molecule has 0 aromatic carbocycles. The SMILES string of the molecule is CCOC(=O)[C@]12C[C@@]34C=CC=C[C@]3(C[C@H](CC3=CC=CC=C1C3)C2=O)C4. The monoisotopic (exact) mass is 348 g/mol. The van der Waals surface area contributed by atoms with Gasteiger partial charge in [-0.3, -0.25) is 9.59 Å². The molecule has 0 unspecified atom stereocenters. The Bertz CT molecular complexity index is 855. The third-order valence-corrected chi connectivity index (χ3v) is 7.26. The minimum Gasteiger partial charge on any atom is -0.465 e. The number of allylic oxidation sites excluding steroid dienone is 9. The molecule has 26 heavy (non-hydrogen) atoms. The fraction of sp³-hybridized carbons (Fsp3) is 0.478. The zero-order valence-corrected chi connectivity index (χ0v) is 15.2. The molecule has 0 aromatic heterocycles. The largest absolute Gasteiger partial charge is 0.465 e. The van der Waals surface area contributed by atoms with Gasteiger partial charge >= 0.3 is 5.97 Å². The number of Topliss-reactive ketones (excluding diaryl/α,β-unsaturated/α-hetero) is 1. The van der Waals surface area contributed by atoms with Crippen molar-refractivity contribution in [2.45, 2.75) is 39.0 Å². The van der Waals surface area contributed by atoms with Gasteiger partial charge in [0.15, 0.2) is 5.78 Å². The summed E-state index contributed by atoms with van der Waals surface area (Å²) in [4.78, 5) is 27.1. The summed E-state index contributed by atoms with van der Waals surface area (Å²) in [6, 6.07) is 0. The predicted octanol–water partition coefficient (Wildman–Crippen LogP) is 4.23. The van der Waals surface area contributed by atoms with Crippen LogP contribution in [-0.2, 0) is 14.3 Å². The van der Waals surface area contributed by atoms with Gasteiger partial charge in [-0.05, 0) is 50.0 Å². The molecule has 0 N–H and O–H groups in total. The Labute approximate surface area is 154 Å². The predicted molar refractivity (Wildman–Crippen MR) is 99.1 cm³/mol. The van der Waals surface area contributed by atoms with Gasteiger partial charge in [0.25, 0.3) is 0 Å². The first-order chi connectivity index (χ1) is 12.6. The molecule has 0 heterocycles. The Balaban J connectivity index is 1.73. The first-order valence-corrected chi connectivity index (χ1v) is 9.70. The quantitative estimate of drug-likeness (QED) is 0.554. The molecule has 0 amide bonds. The van der Waals surface area contributed by atoms with Gasteiger partial charge in [-0.1, -0.05) is 54.2 Å². The van der Waals surface area contributed by atoms with E-state index in [1.165, 1.54) is 5.57 Å². The first kappa shape index (κ1) is 16.0. The molecule has 0 radical (unpaired) electrons. The maximum Gasteiger partial charge on any atom is 0.323 e. The molecule has 3 saturated carbocycles. The summed E-state index contributed by atoms with van der Waals surface area (Å²) in [5.74, 6) is -0.350. The van der Waals surface area contributed by atoms with Gasteiger partial charge in [-0.25, -0.2) is 0 Å². The number of ketones is 1. The highest BCUT2D eigenvalue weighted by atomic mass is 16.5. The lowest BCUT2D eigenvalue weighted by Gasteiger charge is -2.34. The molecule has 134 valence electrons. The second kappa shape index (κ2) is 5.18. The molecule has 0 aliphatic heterocycles. The van der Waals surface area contributed by atoms with Crippen molar-refractivity contribution < 1.29 is 14.3 Å². The van der Waals surface area contributed by atoms with Crippen LogP contribution >= 0.6 is 0 Å². The Kier molecular flexibility index (Phi) is 3.20. The van der Waals surface area contributed by atoms with Crippen molar-refractivity contribution in [3.05, 3.63) is 59.8 Å². The highest BCUT2D eigenvalue weighted by Gasteiger charge is 2.73. The topological polar surface area (TPSA) is 43.4 Å². The minimum absolute atomic E-state index is 0.0470. The fourth-order valence-corrected chi connectivity index (χ4v) is 6.00. The maximum absolute atomic E-state index is 13.8. The van der Waals surface area contributed by atoms with Gasteiger partial charge < -0.3 is 4.74 Å². The molecule has 4 bridgehead atoms. The molecular weight excluding hydrogens is 324 g/mol. The minimum atomic E-state index is -1.13. The Morgan fingerprint density at radius 3 is 2.69 bits per heavy atom. The number of fused-ring (bicyclic) bond motifs is 5. The standard InChI is InChI=1S/C23H24O3/c1-2-26-20(25)23-15-22-10-6-5-9-21(22,14-22)13-17(19(23)24)11-16-7-3-4-8-18(23)12-16/h3-10,17H,2,11-15H2,1H3/t17-,21-,22-,23+/m0/s1. The van der Waals surface area contributed by atoms with Crippen molar-refractivity contribution in [2.75, 3.05) is 6.61 Å². The molecule has 5 rings (SSSR count). The first-order valence-electron chi connectivity index (χ1n) is 9.70. The molecule has 5 aliphatic rings. The van der Waals surface area contributed by atoms with Crippen LogP contribution in [0.1, 0.15) is 39.0 Å². The van der Waals surface area contributed by atoms with Crippen LogP contribution in [0.5, 0.6) is 0 Å². The van der Waals surface area contributed by atoms with Gasteiger partial charge in [-0.15, -0.1) is 0 Å². The summed E-state index contributed by atoms with van der Waals surface area (Å²) in [6.07, 6.45) is 20.8. The Morgan fingerprint density at radius 2 is 1.88 bits per heavy atom. The summed E-state index contributed by atoms with van der Waals surface area (Å²) in [5, 5.41) is 0. The average molecular weight is 348 g/mol. The summed E-state index contributed by atoms with van der Waals surface area (Å²) < 4.78 is 5.53. The zero-order valence-electron chi connectivity index (χ0n) is 15.2. The van der Waals surface area contributed by atoms with E-state index in [9.17, 15) is 9.59 Å². The number of rotatable bonds is 2.